The van der Waals surface area contributed by atoms with Crippen molar-refractivity contribution >= 4 is 27.5 Å². The summed E-state index contributed by atoms with van der Waals surface area (Å²) in [6, 6.07) is 6.86. The monoisotopic (exact) mass is 645 g/mol. The Bertz CT molecular complexity index is 2000. The lowest BCUT2D eigenvalue weighted by molar-refractivity contribution is 0.107. The summed E-state index contributed by atoms with van der Waals surface area (Å²) in [4.78, 5) is 13.7. The van der Waals surface area contributed by atoms with Crippen LogP contribution < -0.4 is 19.7 Å². The summed E-state index contributed by atoms with van der Waals surface area (Å²) in [5, 5.41) is 15.8. The quantitative estimate of drug-likeness (QED) is 0.314. The van der Waals surface area contributed by atoms with E-state index in [4.69, 9.17) is 19.2 Å². The van der Waals surface area contributed by atoms with Crippen LogP contribution in [0.25, 0.3) is 32.8 Å². The fourth-order valence-corrected chi connectivity index (χ4v) is 9.36. The number of phenols is 1. The highest BCUT2D eigenvalue weighted by atomic mass is 19.1. The third-order valence-electron chi connectivity index (χ3n) is 11.5. The van der Waals surface area contributed by atoms with Crippen molar-refractivity contribution in [2.75, 3.05) is 37.7 Å². The molecule has 47 heavy (non-hydrogen) atoms. The molecule has 244 valence electrons. The first-order chi connectivity index (χ1) is 22.9. The van der Waals surface area contributed by atoms with Crippen molar-refractivity contribution in [2.45, 2.75) is 75.2 Å². The predicted octanol–water partition coefficient (Wildman–Crippen LogP) is 5.12. The summed E-state index contributed by atoms with van der Waals surface area (Å²) >= 11 is 0. The molecule has 0 radical (unpaired) electrons. The molecule has 2 bridgehead atoms. The number of halogens is 3. The van der Waals surface area contributed by atoms with Gasteiger partial charge in [-0.15, -0.1) is 0 Å². The minimum Gasteiger partial charge on any atom is -0.508 e. The molecule has 0 saturated carbocycles. The van der Waals surface area contributed by atoms with E-state index in [1.165, 1.54) is 6.07 Å². The molecule has 1 aromatic heterocycles. The molecule has 3 unspecified atom stereocenters. The largest absolute Gasteiger partial charge is 0.508 e. The molecule has 12 heteroatoms. The number of piperazine rings is 1. The number of aromatic nitrogens is 2. The van der Waals surface area contributed by atoms with E-state index in [9.17, 15) is 9.50 Å². The van der Waals surface area contributed by atoms with Crippen LogP contribution in [-0.4, -0.2) is 82.7 Å². The van der Waals surface area contributed by atoms with E-state index in [0.717, 1.165) is 43.4 Å². The Kier molecular flexibility index (Phi) is 6.04. The van der Waals surface area contributed by atoms with Crippen LogP contribution >= 0.6 is 0 Å². The van der Waals surface area contributed by atoms with Gasteiger partial charge in [-0.3, -0.25) is 4.90 Å². The molecule has 6 aliphatic heterocycles. The van der Waals surface area contributed by atoms with Gasteiger partial charge in [0.25, 0.3) is 0 Å². The minimum atomic E-state index is -0.926. The highest BCUT2D eigenvalue weighted by molar-refractivity contribution is 6.05. The number of fused-ring (bicyclic) bond motifs is 9. The number of benzene rings is 3. The molecule has 10 rings (SSSR count). The number of nitrogens with one attached hydrogen (secondary N) is 1. The van der Waals surface area contributed by atoms with Crippen LogP contribution in [0.15, 0.2) is 24.3 Å². The number of rotatable bonds is 4. The Balaban J connectivity index is 1.19. The Morgan fingerprint density at radius 3 is 2.91 bits per heavy atom. The van der Waals surface area contributed by atoms with Crippen molar-refractivity contribution in [2.24, 2.45) is 0 Å². The normalized spacial score (nSPS) is 29.2. The smallest absolute Gasteiger partial charge is 0.319 e. The standard InChI is InChI=1S/C35H34F3N5O4/c36-19-10-35(6-1-7-42(35)11-19)16-47-34-40-31-28-32(46-15-25-24-5-4-20(39-24)12-43(25)33(28)41-34)30(38)27(29(31)37)22-9-21(44)8-17-2-3-18-13-45-14-23(18)26(17)22/h2-3,8-9,19-20,24-25,39,44H,1,4-7,10-16H2/t19-,20?,24?,25?,35+/m1/s1. The van der Waals surface area contributed by atoms with Crippen LogP contribution in [0.2, 0.25) is 0 Å². The van der Waals surface area contributed by atoms with E-state index in [2.05, 4.69) is 20.1 Å². The van der Waals surface area contributed by atoms with Gasteiger partial charge in [0.15, 0.2) is 17.4 Å². The molecule has 0 aliphatic carbocycles. The number of hydrogen-bond donors (Lipinski definition) is 2. The van der Waals surface area contributed by atoms with Gasteiger partial charge in [-0.25, -0.2) is 13.2 Å². The molecule has 3 aromatic carbocycles. The first kappa shape index (κ1) is 28.2. The lowest BCUT2D eigenvalue weighted by Gasteiger charge is -2.40. The second-order valence-electron chi connectivity index (χ2n) is 14.1. The number of alkyl halides is 1. The third-order valence-corrected chi connectivity index (χ3v) is 11.5. The molecule has 9 nitrogen and oxygen atoms in total. The second kappa shape index (κ2) is 10.1. The van der Waals surface area contributed by atoms with E-state index in [-0.39, 0.29) is 70.9 Å². The van der Waals surface area contributed by atoms with Crippen LogP contribution in [0.4, 0.5) is 19.0 Å². The molecule has 4 aromatic rings. The zero-order valence-electron chi connectivity index (χ0n) is 25.7. The summed E-state index contributed by atoms with van der Waals surface area (Å²) in [5.74, 6) is -1.60. The molecular weight excluding hydrogens is 611 g/mol. The van der Waals surface area contributed by atoms with Crippen molar-refractivity contribution in [1.82, 2.24) is 20.2 Å². The van der Waals surface area contributed by atoms with Gasteiger partial charge in [0.2, 0.25) is 0 Å². The summed E-state index contributed by atoms with van der Waals surface area (Å²) < 4.78 is 67.1. The van der Waals surface area contributed by atoms with Gasteiger partial charge in [-0.1, -0.05) is 12.1 Å². The lowest BCUT2D eigenvalue weighted by Crippen LogP contribution is -2.60. The van der Waals surface area contributed by atoms with Gasteiger partial charge < -0.3 is 29.5 Å². The predicted molar refractivity (Wildman–Crippen MR) is 168 cm³/mol. The average molecular weight is 646 g/mol. The van der Waals surface area contributed by atoms with Gasteiger partial charge in [-0.05, 0) is 71.8 Å². The average Bonchev–Trinajstić information content (AvgIpc) is 3.82. The topological polar surface area (TPSA) is 92.2 Å². The maximum absolute atomic E-state index is 17.2. The molecule has 6 aliphatic rings. The van der Waals surface area contributed by atoms with Gasteiger partial charge in [0.05, 0.1) is 35.7 Å². The number of hydrogen-bond acceptors (Lipinski definition) is 9. The van der Waals surface area contributed by atoms with Gasteiger partial charge in [-0.2, -0.15) is 9.97 Å². The zero-order valence-corrected chi connectivity index (χ0v) is 25.7. The van der Waals surface area contributed by atoms with Crippen molar-refractivity contribution in [1.29, 1.82) is 0 Å². The fourth-order valence-electron chi connectivity index (χ4n) is 9.36. The number of anilines is 1. The Morgan fingerprint density at radius 2 is 2.00 bits per heavy atom. The van der Waals surface area contributed by atoms with Crippen molar-refractivity contribution in [3.63, 3.8) is 0 Å². The maximum Gasteiger partial charge on any atom is 0.319 e. The van der Waals surface area contributed by atoms with E-state index >= 15 is 8.78 Å². The Hall–Kier alpha value is -3.87. The molecular formula is C35H34F3N5O4. The SMILES string of the molecule is Oc1cc(-c2c(F)c3c4c(nc(OC[C@@]56CCCN5C[C@H](F)C6)nc4c2F)N2CC4CCC(N4)C2CO3)c2c3c(ccc2c1)COC3. The molecule has 2 N–H and O–H groups in total. The van der Waals surface area contributed by atoms with Crippen LogP contribution in [0, 0.1) is 11.6 Å². The summed E-state index contributed by atoms with van der Waals surface area (Å²) in [6.07, 6.45) is 3.14. The van der Waals surface area contributed by atoms with Crippen LogP contribution in [-0.2, 0) is 18.0 Å². The fraction of sp³-hybridized carbons (Fsp3) is 0.486. The Morgan fingerprint density at radius 1 is 1.09 bits per heavy atom. The molecule has 7 heterocycles. The first-order valence-corrected chi connectivity index (χ1v) is 16.6. The Labute approximate surface area is 268 Å². The number of aromatic hydroxyl groups is 1. The second-order valence-corrected chi connectivity index (χ2v) is 14.1. The van der Waals surface area contributed by atoms with E-state index in [1.807, 2.05) is 12.1 Å². The molecule has 5 atom stereocenters. The van der Waals surface area contributed by atoms with Gasteiger partial charge >= 0.3 is 6.01 Å². The zero-order chi connectivity index (χ0) is 31.6. The van der Waals surface area contributed by atoms with Crippen molar-refractivity contribution in [3.05, 3.63) is 47.0 Å². The highest BCUT2D eigenvalue weighted by Gasteiger charge is 2.50. The van der Waals surface area contributed by atoms with Gasteiger partial charge in [0, 0.05) is 31.6 Å². The third kappa shape index (κ3) is 4.07. The van der Waals surface area contributed by atoms with Crippen LogP contribution in [0.5, 0.6) is 17.5 Å². The molecule has 4 saturated heterocycles. The molecule has 4 fully saturated rings. The minimum absolute atomic E-state index is 0.0278. The van der Waals surface area contributed by atoms with E-state index < -0.39 is 23.3 Å². The van der Waals surface area contributed by atoms with Crippen LogP contribution in [0.3, 0.4) is 0 Å². The number of ether oxygens (including phenoxy) is 3. The summed E-state index contributed by atoms with van der Waals surface area (Å²) in [5.41, 5.74) is 1.07. The highest BCUT2D eigenvalue weighted by Crippen LogP contribution is 2.49. The van der Waals surface area contributed by atoms with Crippen molar-refractivity contribution in [3.8, 4) is 28.6 Å². The summed E-state index contributed by atoms with van der Waals surface area (Å²) in [6.45, 7) is 2.83. The lowest BCUT2D eigenvalue weighted by atomic mass is 9.91. The van der Waals surface area contributed by atoms with Crippen molar-refractivity contribution < 1.29 is 32.5 Å². The number of phenolic OH excluding ortho intramolecular Hbond substituents is 1. The molecule has 0 spiro atoms. The van der Waals surface area contributed by atoms with Gasteiger partial charge in [0.1, 0.15) is 36.5 Å². The van der Waals surface area contributed by atoms with E-state index in [0.29, 0.717) is 49.3 Å². The first-order valence-electron chi connectivity index (χ1n) is 16.6. The van der Waals surface area contributed by atoms with Crippen LogP contribution in [0.1, 0.15) is 43.2 Å². The number of nitrogens with zero attached hydrogens (tertiary/aromatic N) is 4. The maximum atomic E-state index is 17.2. The summed E-state index contributed by atoms with van der Waals surface area (Å²) in [7, 11) is 0. The molecule has 0 amide bonds. The van der Waals surface area contributed by atoms with E-state index in [1.54, 1.807) is 6.07 Å².